The number of methoxy groups -OCH3 is 1. The monoisotopic (exact) mass is 500 g/mol. The summed E-state index contributed by atoms with van der Waals surface area (Å²) >= 11 is 0. The molecular formula is C28H24N2O5S. The Labute approximate surface area is 209 Å². The number of ether oxygens (including phenoxy) is 1. The minimum Gasteiger partial charge on any atom is -0.497 e. The first-order chi connectivity index (χ1) is 17.4. The van der Waals surface area contributed by atoms with Crippen LogP contribution in [0.1, 0.15) is 12.0 Å². The van der Waals surface area contributed by atoms with E-state index in [2.05, 4.69) is 0 Å². The lowest BCUT2D eigenvalue weighted by atomic mass is 10.1. The zero-order valence-corrected chi connectivity index (χ0v) is 20.4. The maximum absolute atomic E-state index is 14.0. The van der Waals surface area contributed by atoms with E-state index in [1.807, 2.05) is 30.3 Å². The van der Waals surface area contributed by atoms with Crippen molar-refractivity contribution in [1.82, 2.24) is 4.31 Å². The number of anilines is 1. The number of nitrogens with zero attached hydrogens (tertiary/aromatic N) is 2. The van der Waals surface area contributed by atoms with Crippen LogP contribution in [0.2, 0.25) is 0 Å². The van der Waals surface area contributed by atoms with E-state index in [0.29, 0.717) is 17.0 Å². The van der Waals surface area contributed by atoms with E-state index in [9.17, 15) is 18.0 Å². The van der Waals surface area contributed by atoms with Crippen LogP contribution in [0.4, 0.5) is 5.69 Å². The number of fused-ring (bicyclic) bond motifs is 1. The first-order valence-corrected chi connectivity index (χ1v) is 12.9. The average Bonchev–Trinajstić information content (AvgIpc) is 3.20. The molecule has 36 heavy (non-hydrogen) atoms. The van der Waals surface area contributed by atoms with Gasteiger partial charge in [-0.2, -0.15) is 4.31 Å². The van der Waals surface area contributed by atoms with Crippen molar-refractivity contribution < 1.29 is 22.7 Å². The summed E-state index contributed by atoms with van der Waals surface area (Å²) in [5, 5.41) is 1.68. The molecule has 1 aliphatic rings. The molecule has 0 saturated carbocycles. The SMILES string of the molecule is COc1ccc(N2C(=O)CC(N(Cc3ccccc3)S(=O)(=O)c3ccc4ccccc4c3)C2=O)cc1. The first kappa shape index (κ1) is 23.7. The minimum atomic E-state index is -4.13. The lowest BCUT2D eigenvalue weighted by molar-refractivity contribution is -0.122. The van der Waals surface area contributed by atoms with E-state index in [1.165, 1.54) is 13.2 Å². The number of sulfonamides is 1. The number of carbonyl (C=O) groups is 2. The maximum atomic E-state index is 14.0. The molecule has 1 aliphatic heterocycles. The molecule has 7 nitrogen and oxygen atoms in total. The van der Waals surface area contributed by atoms with E-state index in [1.54, 1.807) is 60.7 Å². The Balaban J connectivity index is 1.55. The van der Waals surface area contributed by atoms with Crippen LogP contribution in [0.5, 0.6) is 5.75 Å². The fourth-order valence-electron chi connectivity index (χ4n) is 4.43. The lowest BCUT2D eigenvalue weighted by Gasteiger charge is -2.27. The molecule has 8 heteroatoms. The lowest BCUT2D eigenvalue weighted by Crippen LogP contribution is -2.45. The third-order valence-electron chi connectivity index (χ3n) is 6.31. The fraction of sp³-hybridized carbons (Fsp3) is 0.143. The highest BCUT2D eigenvalue weighted by atomic mass is 32.2. The number of rotatable bonds is 7. The van der Waals surface area contributed by atoms with E-state index in [-0.39, 0.29) is 17.9 Å². The highest BCUT2D eigenvalue weighted by Crippen LogP contribution is 2.32. The molecule has 0 aliphatic carbocycles. The summed E-state index contributed by atoms with van der Waals surface area (Å²) in [6.07, 6.45) is -0.246. The van der Waals surface area contributed by atoms with Gasteiger partial charge >= 0.3 is 0 Å². The van der Waals surface area contributed by atoms with Crippen LogP contribution in [0.15, 0.2) is 102 Å². The zero-order chi connectivity index (χ0) is 25.3. The van der Waals surface area contributed by atoms with Crippen LogP contribution < -0.4 is 9.64 Å². The summed E-state index contributed by atoms with van der Waals surface area (Å²) in [6, 6.07) is 26.7. The van der Waals surface area contributed by atoms with Gasteiger partial charge in [-0.05, 0) is 52.7 Å². The molecule has 1 saturated heterocycles. The molecule has 1 unspecified atom stereocenters. The molecule has 5 rings (SSSR count). The number of hydrogen-bond donors (Lipinski definition) is 0. The molecule has 0 radical (unpaired) electrons. The van der Waals surface area contributed by atoms with Crippen molar-refractivity contribution >= 4 is 38.3 Å². The highest BCUT2D eigenvalue weighted by molar-refractivity contribution is 7.89. The molecule has 0 aromatic heterocycles. The summed E-state index contributed by atoms with van der Waals surface area (Å²) < 4.78 is 34.3. The number of amides is 2. The molecular weight excluding hydrogens is 476 g/mol. The minimum absolute atomic E-state index is 0.0455. The second-order valence-electron chi connectivity index (χ2n) is 8.53. The third-order valence-corrected chi connectivity index (χ3v) is 8.16. The number of imide groups is 1. The van der Waals surface area contributed by atoms with Gasteiger partial charge in [-0.3, -0.25) is 9.59 Å². The Morgan fingerprint density at radius 2 is 1.53 bits per heavy atom. The highest BCUT2D eigenvalue weighted by Gasteiger charge is 2.47. The molecule has 4 aromatic rings. The van der Waals surface area contributed by atoms with Crippen LogP contribution in [0.3, 0.4) is 0 Å². The van der Waals surface area contributed by atoms with E-state index in [0.717, 1.165) is 20.0 Å². The Morgan fingerprint density at radius 1 is 0.861 bits per heavy atom. The van der Waals surface area contributed by atoms with Crippen molar-refractivity contribution in [1.29, 1.82) is 0 Å². The predicted octanol–water partition coefficient (Wildman–Crippen LogP) is 4.37. The van der Waals surface area contributed by atoms with Crippen molar-refractivity contribution in [2.75, 3.05) is 12.0 Å². The van der Waals surface area contributed by atoms with Gasteiger partial charge in [0.05, 0.1) is 24.1 Å². The molecule has 1 heterocycles. The summed E-state index contributed by atoms with van der Waals surface area (Å²) in [5.74, 6) is -0.452. The average molecular weight is 501 g/mol. The maximum Gasteiger partial charge on any atom is 0.252 e. The molecule has 182 valence electrons. The number of benzene rings is 4. The molecule has 1 fully saturated rings. The van der Waals surface area contributed by atoms with Crippen molar-refractivity contribution in [3.8, 4) is 5.75 Å². The Hall–Kier alpha value is -4.01. The van der Waals surface area contributed by atoms with Crippen molar-refractivity contribution in [3.63, 3.8) is 0 Å². The topological polar surface area (TPSA) is 84.0 Å². The molecule has 2 amide bonds. The normalized spacial score (nSPS) is 16.2. The zero-order valence-electron chi connectivity index (χ0n) is 19.6. The van der Waals surface area contributed by atoms with Crippen molar-refractivity contribution in [3.05, 3.63) is 103 Å². The number of carbonyl (C=O) groups excluding carboxylic acids is 2. The van der Waals surface area contributed by atoms with Gasteiger partial charge in [-0.15, -0.1) is 0 Å². The van der Waals surface area contributed by atoms with Gasteiger partial charge < -0.3 is 4.74 Å². The van der Waals surface area contributed by atoms with Gasteiger partial charge in [0.15, 0.2) is 0 Å². The molecule has 0 N–H and O–H groups in total. The molecule has 0 bridgehead atoms. The standard InChI is InChI=1S/C28H24N2O5S/c1-35-24-14-12-23(13-15-24)30-27(31)18-26(28(30)32)29(19-20-7-3-2-4-8-20)36(33,34)25-16-11-21-9-5-6-10-22(21)17-25/h2-17,26H,18-19H2,1H3. The van der Waals surface area contributed by atoms with Gasteiger partial charge in [0.2, 0.25) is 15.9 Å². The largest absolute Gasteiger partial charge is 0.497 e. The predicted molar refractivity (Wildman–Crippen MR) is 137 cm³/mol. The Morgan fingerprint density at radius 3 is 2.22 bits per heavy atom. The van der Waals surface area contributed by atoms with E-state index < -0.39 is 27.9 Å². The van der Waals surface area contributed by atoms with E-state index >= 15 is 0 Å². The summed E-state index contributed by atoms with van der Waals surface area (Å²) in [5.41, 5.74) is 1.08. The third kappa shape index (κ3) is 4.36. The van der Waals surface area contributed by atoms with Crippen molar-refractivity contribution in [2.24, 2.45) is 0 Å². The van der Waals surface area contributed by atoms with Gasteiger partial charge in [0.25, 0.3) is 5.91 Å². The first-order valence-electron chi connectivity index (χ1n) is 11.4. The van der Waals surface area contributed by atoms with Gasteiger partial charge in [-0.25, -0.2) is 13.3 Å². The van der Waals surface area contributed by atoms with Crippen LogP contribution in [0.25, 0.3) is 10.8 Å². The quantitative estimate of drug-likeness (QED) is 0.352. The van der Waals surface area contributed by atoms with Gasteiger partial charge in [-0.1, -0.05) is 60.7 Å². The van der Waals surface area contributed by atoms with Crippen LogP contribution >= 0.6 is 0 Å². The number of hydrogen-bond acceptors (Lipinski definition) is 5. The molecule has 4 aromatic carbocycles. The smallest absolute Gasteiger partial charge is 0.252 e. The van der Waals surface area contributed by atoms with Gasteiger partial charge in [0, 0.05) is 6.54 Å². The second kappa shape index (κ2) is 9.56. The Kier molecular flexibility index (Phi) is 6.30. The fourth-order valence-corrected chi connectivity index (χ4v) is 6.04. The van der Waals surface area contributed by atoms with Gasteiger partial charge in [0.1, 0.15) is 11.8 Å². The van der Waals surface area contributed by atoms with Crippen molar-refractivity contribution in [2.45, 2.75) is 23.9 Å². The summed E-state index contributed by atoms with van der Waals surface area (Å²) in [7, 11) is -2.61. The summed E-state index contributed by atoms with van der Waals surface area (Å²) in [6.45, 7) is -0.0455. The van der Waals surface area contributed by atoms with Crippen LogP contribution in [-0.2, 0) is 26.2 Å². The van der Waals surface area contributed by atoms with Crippen LogP contribution in [-0.4, -0.2) is 37.7 Å². The molecule has 1 atom stereocenters. The second-order valence-corrected chi connectivity index (χ2v) is 10.4. The van der Waals surface area contributed by atoms with Crippen LogP contribution in [0, 0.1) is 0 Å². The Bertz CT molecular complexity index is 1540. The van der Waals surface area contributed by atoms with E-state index in [4.69, 9.17) is 4.74 Å². The summed E-state index contributed by atoms with van der Waals surface area (Å²) in [4.78, 5) is 27.7. The molecule has 0 spiro atoms.